The van der Waals surface area contributed by atoms with Crippen LogP contribution in [0.3, 0.4) is 0 Å². The molecule has 0 aliphatic heterocycles. The first-order valence-electron chi connectivity index (χ1n) is 7.73. The molecule has 0 fully saturated rings. The Labute approximate surface area is 129 Å². The number of aryl methyl sites for hydroxylation is 1. The van der Waals surface area contributed by atoms with Crippen molar-refractivity contribution in [3.05, 3.63) is 71.2 Å². The summed E-state index contributed by atoms with van der Waals surface area (Å²) in [7, 11) is 0. The van der Waals surface area contributed by atoms with Crippen LogP contribution >= 0.6 is 0 Å². The van der Waals surface area contributed by atoms with Crippen LogP contribution in [0.1, 0.15) is 39.6 Å². The van der Waals surface area contributed by atoms with E-state index in [0.717, 1.165) is 31.2 Å². The van der Waals surface area contributed by atoms with E-state index in [0.29, 0.717) is 11.6 Å². The van der Waals surface area contributed by atoms with Gasteiger partial charge in [0.25, 0.3) is 0 Å². The van der Waals surface area contributed by atoms with E-state index in [1.54, 1.807) is 0 Å². The van der Waals surface area contributed by atoms with E-state index >= 15 is 0 Å². The Balaban J connectivity index is 1.59. The van der Waals surface area contributed by atoms with Crippen molar-refractivity contribution in [1.82, 2.24) is 9.97 Å². The van der Waals surface area contributed by atoms with Crippen molar-refractivity contribution in [3.63, 3.8) is 0 Å². The first kappa shape index (κ1) is 13.1. The van der Waals surface area contributed by atoms with Crippen LogP contribution in [0.2, 0.25) is 0 Å². The zero-order chi connectivity index (χ0) is 14.9. The molecule has 0 saturated heterocycles. The molecule has 3 nitrogen and oxygen atoms in total. The van der Waals surface area contributed by atoms with Crippen molar-refractivity contribution >= 4 is 6.29 Å². The van der Waals surface area contributed by atoms with Gasteiger partial charge >= 0.3 is 0 Å². The lowest BCUT2D eigenvalue weighted by Crippen LogP contribution is -1.98. The van der Waals surface area contributed by atoms with Crippen molar-refractivity contribution in [3.8, 4) is 11.3 Å². The van der Waals surface area contributed by atoms with Crippen LogP contribution in [0.5, 0.6) is 0 Å². The van der Waals surface area contributed by atoms with Gasteiger partial charge < -0.3 is 9.97 Å². The van der Waals surface area contributed by atoms with Crippen LogP contribution in [0.4, 0.5) is 0 Å². The number of nitrogens with one attached hydrogen (secondary N) is 2. The first-order chi connectivity index (χ1) is 10.8. The Hall–Kier alpha value is -2.55. The summed E-state index contributed by atoms with van der Waals surface area (Å²) in [4.78, 5) is 17.4. The van der Waals surface area contributed by atoms with E-state index < -0.39 is 0 Å². The van der Waals surface area contributed by atoms with Gasteiger partial charge in [-0.1, -0.05) is 18.2 Å². The summed E-state index contributed by atoms with van der Waals surface area (Å²) >= 11 is 0. The monoisotopic (exact) mass is 290 g/mol. The number of carbonyl (C=O) groups excluding carboxylic acids is 1. The fourth-order valence-electron chi connectivity index (χ4n) is 3.52. The van der Waals surface area contributed by atoms with Gasteiger partial charge in [-0.05, 0) is 66.1 Å². The Morgan fingerprint density at radius 1 is 1.18 bits per heavy atom. The van der Waals surface area contributed by atoms with Crippen LogP contribution in [0, 0.1) is 0 Å². The van der Waals surface area contributed by atoms with E-state index in [1.165, 1.54) is 22.4 Å². The van der Waals surface area contributed by atoms with E-state index in [4.69, 9.17) is 0 Å². The Bertz CT molecular complexity index is 799. The molecule has 1 unspecified atom stereocenters. The van der Waals surface area contributed by atoms with Gasteiger partial charge in [0.05, 0.1) is 5.69 Å². The molecule has 0 radical (unpaired) electrons. The molecule has 110 valence electrons. The SMILES string of the molecule is O=Cc1cc2c([nH]1)CCC2Cc1cccc(-c2ccc[nH]2)c1. The van der Waals surface area contributed by atoms with E-state index in [2.05, 4.69) is 40.3 Å². The van der Waals surface area contributed by atoms with Crippen molar-refractivity contribution in [2.75, 3.05) is 0 Å². The lowest BCUT2D eigenvalue weighted by molar-refractivity contribution is 0.111. The van der Waals surface area contributed by atoms with Crippen LogP contribution < -0.4 is 0 Å². The lowest BCUT2D eigenvalue weighted by atomic mass is 9.93. The van der Waals surface area contributed by atoms with Gasteiger partial charge in [0.2, 0.25) is 0 Å². The normalized spacial score (nSPS) is 16.6. The average molecular weight is 290 g/mol. The summed E-state index contributed by atoms with van der Waals surface area (Å²) in [6, 6.07) is 14.8. The second kappa shape index (κ2) is 5.34. The number of hydrogen-bond acceptors (Lipinski definition) is 1. The van der Waals surface area contributed by atoms with Gasteiger partial charge in [0.15, 0.2) is 6.29 Å². The maximum atomic E-state index is 10.9. The van der Waals surface area contributed by atoms with Gasteiger partial charge in [0.1, 0.15) is 0 Å². The van der Waals surface area contributed by atoms with Crippen LogP contribution in [0.15, 0.2) is 48.7 Å². The Morgan fingerprint density at radius 2 is 2.14 bits per heavy atom. The zero-order valence-electron chi connectivity index (χ0n) is 12.3. The molecule has 3 aromatic rings. The molecule has 2 heterocycles. The Morgan fingerprint density at radius 3 is 2.95 bits per heavy atom. The molecule has 2 aromatic heterocycles. The number of aromatic amines is 2. The summed E-state index contributed by atoms with van der Waals surface area (Å²) in [5.41, 5.74) is 7.00. The van der Waals surface area contributed by atoms with Gasteiger partial charge in [-0.15, -0.1) is 0 Å². The molecule has 3 heteroatoms. The minimum Gasteiger partial charge on any atom is -0.361 e. The smallest absolute Gasteiger partial charge is 0.166 e. The number of benzene rings is 1. The summed E-state index contributed by atoms with van der Waals surface area (Å²) in [6.07, 6.45) is 6.09. The van der Waals surface area contributed by atoms with Gasteiger partial charge in [-0.3, -0.25) is 4.79 Å². The van der Waals surface area contributed by atoms with E-state index in [9.17, 15) is 4.79 Å². The third kappa shape index (κ3) is 2.29. The molecule has 0 amide bonds. The predicted octanol–water partition coefficient (Wildman–Crippen LogP) is 4.09. The molecule has 1 aromatic carbocycles. The highest BCUT2D eigenvalue weighted by Crippen LogP contribution is 2.36. The third-order valence-electron chi connectivity index (χ3n) is 4.58. The topological polar surface area (TPSA) is 48.6 Å². The molecular weight excluding hydrogens is 272 g/mol. The molecule has 22 heavy (non-hydrogen) atoms. The summed E-state index contributed by atoms with van der Waals surface area (Å²) < 4.78 is 0. The summed E-state index contributed by atoms with van der Waals surface area (Å²) in [5.74, 6) is 0.513. The van der Waals surface area contributed by atoms with Crippen LogP contribution in [-0.2, 0) is 12.8 Å². The van der Waals surface area contributed by atoms with Crippen molar-refractivity contribution < 1.29 is 4.79 Å². The van der Waals surface area contributed by atoms with E-state index in [-0.39, 0.29) is 0 Å². The summed E-state index contributed by atoms with van der Waals surface area (Å²) in [5, 5.41) is 0. The number of rotatable bonds is 4. The Kier molecular flexibility index (Phi) is 3.19. The number of aldehydes is 1. The second-order valence-electron chi connectivity index (χ2n) is 6.00. The molecular formula is C19H18N2O. The minimum atomic E-state index is 0.513. The number of aromatic nitrogens is 2. The molecule has 2 N–H and O–H groups in total. The molecule has 0 saturated carbocycles. The summed E-state index contributed by atoms with van der Waals surface area (Å²) in [6.45, 7) is 0. The fraction of sp³-hybridized carbons (Fsp3) is 0.211. The highest BCUT2D eigenvalue weighted by atomic mass is 16.1. The van der Waals surface area contributed by atoms with Crippen molar-refractivity contribution in [2.24, 2.45) is 0 Å². The van der Waals surface area contributed by atoms with Gasteiger partial charge in [-0.25, -0.2) is 0 Å². The molecule has 0 spiro atoms. The maximum absolute atomic E-state index is 10.9. The predicted molar refractivity (Wildman–Crippen MR) is 87.2 cm³/mol. The molecule has 4 rings (SSSR count). The molecule has 1 aliphatic rings. The van der Waals surface area contributed by atoms with Crippen molar-refractivity contribution in [1.29, 1.82) is 0 Å². The minimum absolute atomic E-state index is 0.513. The molecule has 0 bridgehead atoms. The first-order valence-corrected chi connectivity index (χ1v) is 7.73. The molecule has 1 atom stereocenters. The standard InChI is InChI=1S/C19H18N2O/c22-12-16-11-17-14(6-7-19(17)21-16)9-13-3-1-4-15(10-13)18-5-2-8-20-18/h1-5,8,10-12,14,20-21H,6-7,9H2. The zero-order valence-corrected chi connectivity index (χ0v) is 12.3. The largest absolute Gasteiger partial charge is 0.361 e. The fourth-order valence-corrected chi connectivity index (χ4v) is 3.52. The lowest BCUT2D eigenvalue weighted by Gasteiger charge is -2.11. The number of fused-ring (bicyclic) bond motifs is 1. The maximum Gasteiger partial charge on any atom is 0.166 e. The number of hydrogen-bond donors (Lipinski definition) is 2. The highest BCUT2D eigenvalue weighted by molar-refractivity contribution is 5.73. The van der Waals surface area contributed by atoms with Gasteiger partial charge in [-0.2, -0.15) is 0 Å². The number of H-pyrrole nitrogens is 2. The average Bonchev–Trinajstić information content (AvgIpc) is 3.25. The van der Waals surface area contributed by atoms with Crippen molar-refractivity contribution in [2.45, 2.75) is 25.2 Å². The van der Waals surface area contributed by atoms with Crippen LogP contribution in [0.25, 0.3) is 11.3 Å². The highest BCUT2D eigenvalue weighted by Gasteiger charge is 2.25. The number of carbonyl (C=O) groups is 1. The third-order valence-corrected chi connectivity index (χ3v) is 4.58. The quantitative estimate of drug-likeness (QED) is 0.698. The molecule has 1 aliphatic carbocycles. The second-order valence-corrected chi connectivity index (χ2v) is 6.00. The van der Waals surface area contributed by atoms with Crippen LogP contribution in [-0.4, -0.2) is 16.3 Å². The van der Waals surface area contributed by atoms with E-state index in [1.807, 2.05) is 18.3 Å². The van der Waals surface area contributed by atoms with Gasteiger partial charge in [0, 0.05) is 17.6 Å².